The van der Waals surface area contributed by atoms with Crippen LogP contribution < -0.4 is 4.90 Å². The molecule has 2 fully saturated rings. The molecule has 1 unspecified atom stereocenters. The van der Waals surface area contributed by atoms with Crippen molar-refractivity contribution in [1.82, 2.24) is 4.90 Å². The van der Waals surface area contributed by atoms with E-state index in [1.54, 1.807) is 23.1 Å². The molecule has 0 N–H and O–H groups in total. The number of hydrogen-bond donors (Lipinski definition) is 0. The maximum atomic E-state index is 14.3. The number of fused-ring (bicyclic) bond motifs is 1. The third-order valence-electron chi connectivity index (χ3n) is 8.38. The van der Waals surface area contributed by atoms with Gasteiger partial charge in [0.25, 0.3) is 0 Å². The van der Waals surface area contributed by atoms with Gasteiger partial charge in [-0.3, -0.25) is 14.5 Å². The number of carbonyl (C=O) groups excluding carboxylic acids is 2. The lowest BCUT2D eigenvalue weighted by molar-refractivity contribution is -0.151. The summed E-state index contributed by atoms with van der Waals surface area (Å²) in [4.78, 5) is 29.3. The highest BCUT2D eigenvalue weighted by Crippen LogP contribution is 2.39. The summed E-state index contributed by atoms with van der Waals surface area (Å²) in [6.45, 7) is 2.99. The van der Waals surface area contributed by atoms with Gasteiger partial charge < -0.3 is 9.64 Å². The number of piperidine rings is 1. The first-order valence-electron chi connectivity index (χ1n) is 13.7. The molecular formula is C30H36F2N2O3. The minimum Gasteiger partial charge on any atom is -0.465 e. The Morgan fingerprint density at radius 2 is 1.59 bits per heavy atom. The number of nitrogens with zero attached hydrogens (tertiary/aromatic N) is 2. The van der Waals surface area contributed by atoms with E-state index in [0.29, 0.717) is 31.3 Å². The number of halogens is 2. The molecule has 0 aromatic heterocycles. The van der Waals surface area contributed by atoms with Crippen molar-refractivity contribution in [2.24, 2.45) is 11.8 Å². The van der Waals surface area contributed by atoms with Crippen LogP contribution in [-0.2, 0) is 14.3 Å². The van der Waals surface area contributed by atoms with Crippen molar-refractivity contribution in [3.8, 4) is 0 Å². The van der Waals surface area contributed by atoms with Crippen LogP contribution in [0.15, 0.2) is 42.5 Å². The molecule has 3 aliphatic rings. The molecule has 2 heterocycles. The van der Waals surface area contributed by atoms with Crippen LogP contribution in [0, 0.1) is 23.5 Å². The molecule has 1 atom stereocenters. The number of amides is 1. The van der Waals surface area contributed by atoms with Crippen molar-refractivity contribution in [1.29, 1.82) is 0 Å². The van der Waals surface area contributed by atoms with E-state index in [4.69, 9.17) is 4.74 Å². The third kappa shape index (κ3) is 6.20. The average Bonchev–Trinajstić information content (AvgIpc) is 3.04. The van der Waals surface area contributed by atoms with Crippen LogP contribution in [0.2, 0.25) is 0 Å². The molecule has 2 aliphatic heterocycles. The van der Waals surface area contributed by atoms with Gasteiger partial charge in [0.15, 0.2) is 0 Å². The number of hydrogen-bond acceptors (Lipinski definition) is 4. The van der Waals surface area contributed by atoms with Gasteiger partial charge in [-0.05, 0) is 99.3 Å². The summed E-state index contributed by atoms with van der Waals surface area (Å²) in [5.74, 6) is -0.0868. The Bertz CT molecular complexity index is 1090. The number of anilines is 1. The van der Waals surface area contributed by atoms with Crippen LogP contribution >= 0.6 is 0 Å². The average molecular weight is 511 g/mol. The Morgan fingerprint density at radius 1 is 0.865 bits per heavy atom. The fourth-order valence-electron chi connectivity index (χ4n) is 5.87. The van der Waals surface area contributed by atoms with Crippen molar-refractivity contribution >= 4 is 17.6 Å². The SMILES string of the molecule is O=C(OCCC1CCN(CC(=O)N2CCCC(c3ccc(F)cc3)c3ccc(F)cc32)CC1)C1CCC1. The molecule has 2 aromatic carbocycles. The van der Waals surface area contributed by atoms with E-state index in [1.807, 2.05) is 0 Å². The molecule has 1 saturated heterocycles. The number of benzene rings is 2. The van der Waals surface area contributed by atoms with Crippen molar-refractivity contribution < 1.29 is 23.1 Å². The van der Waals surface area contributed by atoms with Gasteiger partial charge in [-0.15, -0.1) is 0 Å². The quantitative estimate of drug-likeness (QED) is 0.451. The zero-order valence-corrected chi connectivity index (χ0v) is 21.3. The Balaban J connectivity index is 1.18. The first-order valence-corrected chi connectivity index (χ1v) is 13.7. The highest BCUT2D eigenvalue weighted by Gasteiger charge is 2.30. The first-order chi connectivity index (χ1) is 18.0. The summed E-state index contributed by atoms with van der Waals surface area (Å²) in [6, 6.07) is 11.1. The van der Waals surface area contributed by atoms with Gasteiger partial charge in [0.1, 0.15) is 11.6 Å². The lowest BCUT2D eigenvalue weighted by Crippen LogP contribution is -2.44. The second kappa shape index (κ2) is 11.7. The molecular weight excluding hydrogens is 474 g/mol. The van der Waals surface area contributed by atoms with Gasteiger partial charge in [-0.1, -0.05) is 24.6 Å². The second-order valence-corrected chi connectivity index (χ2v) is 10.8. The standard InChI is InChI=1S/C30H36F2N2O3/c31-24-8-6-22(7-9-24)26-5-2-15-34(28-19-25(32)10-11-27(26)28)29(35)20-33-16-12-21(13-17-33)14-18-37-30(36)23-3-1-4-23/h6-11,19,21,23,26H,1-5,12-18,20H2. The van der Waals surface area contributed by atoms with Crippen molar-refractivity contribution in [2.75, 3.05) is 37.7 Å². The largest absolute Gasteiger partial charge is 0.465 e. The minimum atomic E-state index is -0.366. The van der Waals surface area contributed by atoms with Gasteiger partial charge in [0.2, 0.25) is 5.91 Å². The van der Waals surface area contributed by atoms with Crippen molar-refractivity contribution in [2.45, 2.75) is 57.3 Å². The number of carbonyl (C=O) groups is 2. The lowest BCUT2D eigenvalue weighted by atomic mass is 9.86. The van der Waals surface area contributed by atoms with Gasteiger partial charge in [-0.25, -0.2) is 8.78 Å². The predicted molar refractivity (Wildman–Crippen MR) is 138 cm³/mol. The van der Waals surface area contributed by atoms with Gasteiger partial charge >= 0.3 is 5.97 Å². The number of ether oxygens (including phenoxy) is 1. The van der Waals surface area contributed by atoms with Crippen LogP contribution in [0.3, 0.4) is 0 Å². The number of esters is 1. The molecule has 198 valence electrons. The number of rotatable bonds is 7. The normalized spacial score (nSPS) is 21.1. The maximum absolute atomic E-state index is 14.3. The smallest absolute Gasteiger partial charge is 0.308 e. The Kier molecular flexibility index (Phi) is 8.18. The van der Waals surface area contributed by atoms with Crippen LogP contribution in [0.1, 0.15) is 68.4 Å². The zero-order valence-electron chi connectivity index (χ0n) is 21.3. The Morgan fingerprint density at radius 3 is 2.30 bits per heavy atom. The molecule has 2 aromatic rings. The van der Waals surface area contributed by atoms with E-state index >= 15 is 0 Å². The summed E-state index contributed by atoms with van der Waals surface area (Å²) >= 11 is 0. The van der Waals surface area contributed by atoms with E-state index in [1.165, 1.54) is 24.3 Å². The molecule has 0 spiro atoms. The molecule has 0 radical (unpaired) electrons. The van der Waals surface area contributed by atoms with Gasteiger partial charge in [0, 0.05) is 12.5 Å². The first kappa shape index (κ1) is 25.8. The molecule has 37 heavy (non-hydrogen) atoms. The van der Waals surface area contributed by atoms with E-state index in [9.17, 15) is 18.4 Å². The molecule has 1 aliphatic carbocycles. The molecule has 5 nitrogen and oxygen atoms in total. The van der Waals surface area contributed by atoms with Gasteiger partial charge in [0.05, 0.1) is 24.8 Å². The van der Waals surface area contributed by atoms with Crippen LogP contribution in [0.25, 0.3) is 0 Å². The van der Waals surface area contributed by atoms with Crippen LogP contribution in [0.5, 0.6) is 0 Å². The van der Waals surface area contributed by atoms with E-state index < -0.39 is 0 Å². The zero-order chi connectivity index (χ0) is 25.8. The topological polar surface area (TPSA) is 49.9 Å². The predicted octanol–water partition coefficient (Wildman–Crippen LogP) is 5.67. The number of likely N-dealkylation sites (tertiary alicyclic amines) is 1. The Hall–Kier alpha value is -2.80. The summed E-state index contributed by atoms with van der Waals surface area (Å²) < 4.78 is 33.3. The Labute approximate surface area is 217 Å². The highest BCUT2D eigenvalue weighted by atomic mass is 19.1. The summed E-state index contributed by atoms with van der Waals surface area (Å²) in [7, 11) is 0. The summed E-state index contributed by atoms with van der Waals surface area (Å²) in [6.07, 6.45) is 7.49. The highest BCUT2D eigenvalue weighted by molar-refractivity contribution is 5.96. The van der Waals surface area contributed by atoms with E-state index in [0.717, 1.165) is 75.6 Å². The van der Waals surface area contributed by atoms with Crippen LogP contribution in [0.4, 0.5) is 14.5 Å². The third-order valence-corrected chi connectivity index (χ3v) is 8.38. The summed E-state index contributed by atoms with van der Waals surface area (Å²) in [5.41, 5.74) is 2.51. The van der Waals surface area contributed by atoms with Crippen LogP contribution in [-0.4, -0.2) is 49.6 Å². The lowest BCUT2D eigenvalue weighted by Gasteiger charge is -2.33. The minimum absolute atomic E-state index is 0.0110. The monoisotopic (exact) mass is 510 g/mol. The molecule has 7 heteroatoms. The molecule has 1 saturated carbocycles. The molecule has 0 bridgehead atoms. The molecule has 5 rings (SSSR count). The van der Waals surface area contributed by atoms with Crippen molar-refractivity contribution in [3.05, 3.63) is 65.2 Å². The molecule has 1 amide bonds. The van der Waals surface area contributed by atoms with E-state index in [-0.39, 0.29) is 35.3 Å². The van der Waals surface area contributed by atoms with E-state index in [2.05, 4.69) is 4.90 Å². The maximum Gasteiger partial charge on any atom is 0.308 e. The second-order valence-electron chi connectivity index (χ2n) is 10.8. The fourth-order valence-corrected chi connectivity index (χ4v) is 5.87. The fraction of sp³-hybridized carbons (Fsp3) is 0.533. The van der Waals surface area contributed by atoms with Crippen molar-refractivity contribution in [3.63, 3.8) is 0 Å². The van der Waals surface area contributed by atoms with Gasteiger partial charge in [-0.2, -0.15) is 0 Å². The summed E-state index contributed by atoms with van der Waals surface area (Å²) in [5, 5.41) is 0.